The number of imide groups is 1. The Balaban J connectivity index is 2.04. The number of hydrogen-bond donors (Lipinski definition) is 2. The lowest BCUT2D eigenvalue weighted by Crippen LogP contribution is -2.53. The summed E-state index contributed by atoms with van der Waals surface area (Å²) < 4.78 is 0. The van der Waals surface area contributed by atoms with Crippen LogP contribution in [0.4, 0.5) is 4.79 Å². The quantitative estimate of drug-likeness (QED) is 0.604. The third-order valence-electron chi connectivity index (χ3n) is 5.47. The van der Waals surface area contributed by atoms with Gasteiger partial charge in [0.1, 0.15) is 5.54 Å². The summed E-state index contributed by atoms with van der Waals surface area (Å²) in [6.45, 7) is 1.70. The molecule has 2 aromatic carbocycles. The van der Waals surface area contributed by atoms with Crippen LogP contribution in [0.5, 0.6) is 0 Å². The van der Waals surface area contributed by atoms with E-state index < -0.39 is 5.54 Å². The summed E-state index contributed by atoms with van der Waals surface area (Å²) in [5.74, 6) is -0.138. The van der Waals surface area contributed by atoms with E-state index >= 15 is 0 Å². The van der Waals surface area contributed by atoms with Crippen molar-refractivity contribution in [2.45, 2.75) is 31.2 Å². The molecule has 4 N–H and O–H groups in total. The van der Waals surface area contributed by atoms with Gasteiger partial charge in [-0.05, 0) is 37.1 Å². The van der Waals surface area contributed by atoms with Gasteiger partial charge in [0.15, 0.2) is 0 Å². The van der Waals surface area contributed by atoms with Gasteiger partial charge < -0.3 is 16.4 Å². The van der Waals surface area contributed by atoms with Crippen molar-refractivity contribution in [1.29, 1.82) is 0 Å². The Hall–Kier alpha value is -2.70. The maximum absolute atomic E-state index is 13.7. The lowest BCUT2D eigenvalue weighted by Gasteiger charge is -2.36. The largest absolute Gasteiger partial charge is 0.330 e. The maximum Gasteiger partial charge on any atom is 0.327 e. The molecule has 3 rings (SSSR count). The Bertz CT molecular complexity index is 769. The summed E-state index contributed by atoms with van der Waals surface area (Å²) in [6, 6.07) is 19.6. The molecular weight excluding hydrogens is 364 g/mol. The number of carbonyl (C=O) groups excluding carboxylic acids is 2. The van der Waals surface area contributed by atoms with Crippen molar-refractivity contribution in [3.8, 4) is 0 Å². The van der Waals surface area contributed by atoms with Gasteiger partial charge in [0.25, 0.3) is 5.91 Å². The fourth-order valence-corrected chi connectivity index (χ4v) is 4.06. The molecule has 154 valence electrons. The number of hydrogen-bond acceptors (Lipinski definition) is 4. The van der Waals surface area contributed by atoms with E-state index in [1.807, 2.05) is 60.7 Å². The topological polar surface area (TPSA) is 92.7 Å². The molecule has 2 aromatic rings. The van der Waals surface area contributed by atoms with Crippen molar-refractivity contribution in [2.24, 2.45) is 11.5 Å². The molecular formula is C23H30N4O2. The normalized spacial score (nSPS) is 15.9. The predicted octanol–water partition coefficient (Wildman–Crippen LogP) is 2.17. The second-order valence-corrected chi connectivity index (χ2v) is 7.53. The monoisotopic (exact) mass is 394 g/mol. The van der Waals surface area contributed by atoms with Gasteiger partial charge in [-0.1, -0.05) is 60.7 Å². The van der Waals surface area contributed by atoms with Gasteiger partial charge in [-0.15, -0.1) is 0 Å². The first kappa shape index (κ1) is 21.0. The number of rotatable bonds is 10. The lowest BCUT2D eigenvalue weighted by atomic mass is 9.83. The molecule has 3 amide bonds. The summed E-state index contributed by atoms with van der Waals surface area (Å²) in [6.07, 6.45) is 2.18. The highest BCUT2D eigenvalue weighted by Crippen LogP contribution is 2.35. The summed E-state index contributed by atoms with van der Waals surface area (Å²) in [5, 5.41) is 0. The number of nitrogens with two attached hydrogens (primary N) is 2. The number of nitrogens with zero attached hydrogens (tertiary/aromatic N) is 2. The number of carbonyl (C=O) groups is 2. The zero-order valence-electron chi connectivity index (χ0n) is 16.8. The SMILES string of the molecule is NCCCN1C(=O)N(CCCN)C(Cc2ccccc2)(Cc2ccccc2)C1=O. The fraction of sp³-hybridized carbons (Fsp3) is 0.391. The third-order valence-corrected chi connectivity index (χ3v) is 5.47. The van der Waals surface area contributed by atoms with Crippen molar-refractivity contribution in [3.63, 3.8) is 0 Å². The average Bonchev–Trinajstić information content (AvgIpc) is 2.92. The van der Waals surface area contributed by atoms with E-state index in [1.54, 1.807) is 4.90 Å². The highest BCUT2D eigenvalue weighted by molar-refractivity contribution is 6.07. The van der Waals surface area contributed by atoms with Crippen molar-refractivity contribution in [3.05, 3.63) is 71.8 Å². The van der Waals surface area contributed by atoms with Crippen LogP contribution in [-0.2, 0) is 17.6 Å². The molecule has 6 nitrogen and oxygen atoms in total. The minimum atomic E-state index is -0.955. The van der Waals surface area contributed by atoms with Crippen LogP contribution >= 0.6 is 0 Å². The molecule has 0 atom stereocenters. The van der Waals surface area contributed by atoms with E-state index in [9.17, 15) is 9.59 Å². The Kier molecular flexibility index (Phi) is 7.01. The molecule has 1 aliphatic rings. The summed E-state index contributed by atoms with van der Waals surface area (Å²) >= 11 is 0. The molecule has 6 heteroatoms. The Morgan fingerprint density at radius 3 is 1.69 bits per heavy atom. The first-order valence-electron chi connectivity index (χ1n) is 10.2. The van der Waals surface area contributed by atoms with E-state index in [1.165, 1.54) is 4.90 Å². The molecule has 0 bridgehead atoms. The Morgan fingerprint density at radius 1 is 0.724 bits per heavy atom. The predicted molar refractivity (Wildman–Crippen MR) is 114 cm³/mol. The van der Waals surface area contributed by atoms with E-state index in [2.05, 4.69) is 0 Å². The summed E-state index contributed by atoms with van der Waals surface area (Å²) in [5.41, 5.74) is 12.5. The van der Waals surface area contributed by atoms with Crippen LogP contribution < -0.4 is 11.5 Å². The van der Waals surface area contributed by atoms with Gasteiger partial charge in [-0.3, -0.25) is 9.69 Å². The highest BCUT2D eigenvalue weighted by Gasteiger charge is 2.56. The molecule has 1 heterocycles. The average molecular weight is 395 g/mol. The van der Waals surface area contributed by atoms with Crippen LogP contribution in [0.1, 0.15) is 24.0 Å². The Morgan fingerprint density at radius 2 is 1.21 bits per heavy atom. The van der Waals surface area contributed by atoms with E-state index in [4.69, 9.17) is 11.5 Å². The summed E-state index contributed by atoms with van der Waals surface area (Å²) in [7, 11) is 0. The lowest BCUT2D eigenvalue weighted by molar-refractivity contribution is -0.133. The van der Waals surface area contributed by atoms with Gasteiger partial charge in [0.05, 0.1) is 0 Å². The molecule has 0 saturated carbocycles. The van der Waals surface area contributed by atoms with Crippen LogP contribution in [0.15, 0.2) is 60.7 Å². The van der Waals surface area contributed by atoms with Crippen molar-refractivity contribution in [2.75, 3.05) is 26.2 Å². The third kappa shape index (κ3) is 4.49. The van der Waals surface area contributed by atoms with Gasteiger partial charge >= 0.3 is 6.03 Å². The molecule has 1 saturated heterocycles. The van der Waals surface area contributed by atoms with Crippen molar-refractivity contribution in [1.82, 2.24) is 9.80 Å². The van der Waals surface area contributed by atoms with Crippen LogP contribution in [0, 0.1) is 0 Å². The highest BCUT2D eigenvalue weighted by atomic mass is 16.2. The minimum Gasteiger partial charge on any atom is -0.330 e. The van der Waals surface area contributed by atoms with Crippen LogP contribution in [0.25, 0.3) is 0 Å². The molecule has 1 fully saturated rings. The minimum absolute atomic E-state index is 0.138. The van der Waals surface area contributed by atoms with Gasteiger partial charge in [-0.25, -0.2) is 4.79 Å². The van der Waals surface area contributed by atoms with Crippen LogP contribution in [0.2, 0.25) is 0 Å². The van der Waals surface area contributed by atoms with Crippen molar-refractivity contribution < 1.29 is 9.59 Å². The Labute approximate surface area is 172 Å². The smallest absolute Gasteiger partial charge is 0.327 e. The second-order valence-electron chi connectivity index (χ2n) is 7.53. The fourth-order valence-electron chi connectivity index (χ4n) is 4.06. The number of amides is 3. The molecule has 29 heavy (non-hydrogen) atoms. The molecule has 0 radical (unpaired) electrons. The van der Waals surface area contributed by atoms with Gasteiger partial charge in [0.2, 0.25) is 0 Å². The molecule has 1 aliphatic heterocycles. The first-order valence-corrected chi connectivity index (χ1v) is 10.2. The van der Waals surface area contributed by atoms with E-state index in [0.29, 0.717) is 51.9 Å². The van der Waals surface area contributed by atoms with Gasteiger partial charge in [-0.2, -0.15) is 0 Å². The standard InChI is InChI=1S/C23H30N4O2/c24-13-7-15-26-21(28)23(17-19-9-3-1-4-10-19,18-20-11-5-2-6-12-20)27(22(26)29)16-8-14-25/h1-6,9-12H,7-8,13-18,24-25H2. The van der Waals surface area contributed by atoms with Crippen LogP contribution in [-0.4, -0.2) is 53.5 Å². The number of benzene rings is 2. The summed E-state index contributed by atoms with van der Waals surface area (Å²) in [4.78, 5) is 30.1. The zero-order valence-corrected chi connectivity index (χ0v) is 16.8. The van der Waals surface area contributed by atoms with E-state index in [-0.39, 0.29) is 11.9 Å². The molecule has 0 unspecified atom stereocenters. The molecule has 0 aliphatic carbocycles. The van der Waals surface area contributed by atoms with Crippen LogP contribution in [0.3, 0.4) is 0 Å². The van der Waals surface area contributed by atoms with E-state index in [0.717, 1.165) is 11.1 Å². The zero-order chi connectivity index (χ0) is 20.7. The molecule has 0 aromatic heterocycles. The molecule has 0 spiro atoms. The maximum atomic E-state index is 13.7. The number of urea groups is 1. The first-order chi connectivity index (χ1) is 14.1. The second kappa shape index (κ2) is 9.67. The van der Waals surface area contributed by atoms with Gasteiger partial charge in [0, 0.05) is 25.9 Å². The van der Waals surface area contributed by atoms with Crippen molar-refractivity contribution >= 4 is 11.9 Å².